The molecule has 2 heterocycles. The number of carbonyl (C=O) groups excluding carboxylic acids is 2. The number of benzene rings is 2. The third kappa shape index (κ3) is 6.68. The van der Waals surface area contributed by atoms with Crippen molar-refractivity contribution in [2.45, 2.75) is 33.2 Å². The van der Waals surface area contributed by atoms with Gasteiger partial charge in [-0.15, -0.1) is 0 Å². The Morgan fingerprint density at radius 3 is 2.66 bits per heavy atom. The van der Waals surface area contributed by atoms with Crippen molar-refractivity contribution in [2.24, 2.45) is 11.8 Å². The van der Waals surface area contributed by atoms with Gasteiger partial charge in [-0.2, -0.15) is 4.98 Å². The van der Waals surface area contributed by atoms with Gasteiger partial charge >= 0.3 is 0 Å². The fourth-order valence-corrected chi connectivity index (χ4v) is 4.22. The summed E-state index contributed by atoms with van der Waals surface area (Å²) in [5.41, 5.74) is 1.83. The van der Waals surface area contributed by atoms with Gasteiger partial charge in [0, 0.05) is 23.0 Å². The van der Waals surface area contributed by atoms with Crippen LogP contribution < -0.4 is 10.6 Å². The molecule has 9 heteroatoms. The summed E-state index contributed by atoms with van der Waals surface area (Å²) in [6.45, 7) is 6.67. The van der Waals surface area contributed by atoms with Crippen molar-refractivity contribution in [3.63, 3.8) is 0 Å². The van der Waals surface area contributed by atoms with Gasteiger partial charge in [-0.1, -0.05) is 54.9 Å². The third-order valence-electron chi connectivity index (χ3n) is 5.97. The van der Waals surface area contributed by atoms with Crippen LogP contribution >= 0.6 is 11.6 Å². The Bertz CT molecular complexity index is 1170. The molecule has 0 aliphatic carbocycles. The number of halogens is 1. The van der Waals surface area contributed by atoms with Crippen molar-refractivity contribution >= 4 is 29.1 Å². The van der Waals surface area contributed by atoms with E-state index in [2.05, 4.69) is 25.7 Å². The predicted molar refractivity (Wildman–Crippen MR) is 135 cm³/mol. The number of nitrogens with one attached hydrogen (secondary N) is 2. The first-order valence-corrected chi connectivity index (χ1v) is 12.3. The van der Waals surface area contributed by atoms with E-state index in [1.54, 1.807) is 30.3 Å². The number of hydrogen-bond acceptors (Lipinski definition) is 6. The van der Waals surface area contributed by atoms with Gasteiger partial charge in [0.1, 0.15) is 0 Å². The summed E-state index contributed by atoms with van der Waals surface area (Å²) in [6, 6.07) is 14.4. The second-order valence-electron chi connectivity index (χ2n) is 9.21. The van der Waals surface area contributed by atoms with Crippen LogP contribution in [0, 0.1) is 11.8 Å². The van der Waals surface area contributed by atoms with E-state index in [4.69, 9.17) is 16.1 Å². The highest BCUT2D eigenvalue weighted by Gasteiger charge is 2.27. The van der Waals surface area contributed by atoms with Gasteiger partial charge in [0.25, 0.3) is 5.91 Å². The molecule has 3 aromatic rings. The number of aromatic nitrogens is 2. The number of para-hydroxylation sites is 1. The summed E-state index contributed by atoms with van der Waals surface area (Å²) in [5, 5.41) is 10.6. The average molecular weight is 496 g/mol. The van der Waals surface area contributed by atoms with Crippen molar-refractivity contribution in [1.29, 1.82) is 0 Å². The van der Waals surface area contributed by atoms with Crippen LogP contribution in [0.15, 0.2) is 53.1 Å². The van der Waals surface area contributed by atoms with E-state index in [0.29, 0.717) is 59.8 Å². The van der Waals surface area contributed by atoms with Crippen molar-refractivity contribution in [3.8, 4) is 11.4 Å². The van der Waals surface area contributed by atoms with Crippen LogP contribution in [0.3, 0.4) is 0 Å². The molecule has 0 saturated carbocycles. The third-order valence-corrected chi connectivity index (χ3v) is 6.20. The van der Waals surface area contributed by atoms with Crippen molar-refractivity contribution in [1.82, 2.24) is 20.4 Å². The van der Waals surface area contributed by atoms with Gasteiger partial charge in [-0.05, 0) is 56.1 Å². The lowest BCUT2D eigenvalue weighted by Gasteiger charge is -2.30. The molecule has 0 atom stereocenters. The standard InChI is InChI=1S/C26H30ClN5O3/c1-17(2)15-28-26(34)21-8-3-4-9-22(21)29-25(33)18-10-12-32(13-11-18)16-23-30-24(31-35-23)19-6-5-7-20(27)14-19/h3-9,14,17-18H,10-13,15-16H2,1-2H3,(H,28,34)(H,29,33). The smallest absolute Gasteiger partial charge is 0.253 e. The number of piperidine rings is 1. The van der Waals surface area contributed by atoms with Gasteiger partial charge in [0.05, 0.1) is 17.8 Å². The summed E-state index contributed by atoms with van der Waals surface area (Å²) in [7, 11) is 0. The lowest BCUT2D eigenvalue weighted by molar-refractivity contribution is -0.121. The highest BCUT2D eigenvalue weighted by Crippen LogP contribution is 2.24. The van der Waals surface area contributed by atoms with E-state index in [1.807, 2.05) is 32.0 Å². The Morgan fingerprint density at radius 2 is 1.91 bits per heavy atom. The molecule has 184 valence electrons. The van der Waals surface area contributed by atoms with Crippen LogP contribution in [-0.2, 0) is 11.3 Å². The number of carbonyl (C=O) groups is 2. The zero-order chi connectivity index (χ0) is 24.8. The predicted octanol–water partition coefficient (Wildman–Crippen LogP) is 4.63. The summed E-state index contributed by atoms with van der Waals surface area (Å²) in [4.78, 5) is 32.2. The van der Waals surface area contributed by atoms with Crippen molar-refractivity contribution < 1.29 is 14.1 Å². The topological polar surface area (TPSA) is 100 Å². The Hall–Kier alpha value is -3.23. The molecule has 1 aliphatic rings. The summed E-state index contributed by atoms with van der Waals surface area (Å²) in [5.74, 6) is 1.03. The molecular weight excluding hydrogens is 466 g/mol. The number of anilines is 1. The Balaban J connectivity index is 1.30. The van der Waals surface area contributed by atoms with Gasteiger partial charge in [0.2, 0.25) is 17.6 Å². The first-order valence-electron chi connectivity index (χ1n) is 11.9. The number of likely N-dealkylation sites (tertiary alicyclic amines) is 1. The molecule has 1 aromatic heterocycles. The van der Waals surface area contributed by atoms with Crippen LogP contribution in [-0.4, -0.2) is 46.5 Å². The highest BCUT2D eigenvalue weighted by atomic mass is 35.5. The van der Waals surface area contributed by atoms with E-state index in [9.17, 15) is 9.59 Å². The van der Waals surface area contributed by atoms with Gasteiger partial charge < -0.3 is 15.2 Å². The Morgan fingerprint density at radius 1 is 1.14 bits per heavy atom. The molecule has 2 aromatic carbocycles. The van der Waals surface area contributed by atoms with Crippen LogP contribution in [0.2, 0.25) is 5.02 Å². The van der Waals surface area contributed by atoms with E-state index in [0.717, 1.165) is 18.7 Å². The molecule has 35 heavy (non-hydrogen) atoms. The average Bonchev–Trinajstić information content (AvgIpc) is 3.32. The quantitative estimate of drug-likeness (QED) is 0.472. The molecule has 0 spiro atoms. The second kappa shape index (κ2) is 11.5. The molecule has 0 unspecified atom stereocenters. The van der Waals surface area contributed by atoms with Gasteiger partial charge in [-0.25, -0.2) is 0 Å². The highest BCUT2D eigenvalue weighted by molar-refractivity contribution is 6.30. The van der Waals surface area contributed by atoms with E-state index < -0.39 is 0 Å². The monoisotopic (exact) mass is 495 g/mol. The van der Waals surface area contributed by atoms with E-state index in [-0.39, 0.29) is 17.7 Å². The molecule has 0 radical (unpaired) electrons. The molecular formula is C26H30ClN5O3. The molecule has 0 bridgehead atoms. The minimum absolute atomic E-state index is 0.0604. The van der Waals surface area contributed by atoms with Crippen LogP contribution in [0.25, 0.3) is 11.4 Å². The summed E-state index contributed by atoms with van der Waals surface area (Å²) < 4.78 is 5.42. The number of hydrogen-bond donors (Lipinski definition) is 2. The maximum absolute atomic E-state index is 12.9. The van der Waals surface area contributed by atoms with Crippen LogP contribution in [0.4, 0.5) is 5.69 Å². The SMILES string of the molecule is CC(C)CNC(=O)c1ccccc1NC(=O)C1CCN(Cc2nc(-c3cccc(Cl)c3)no2)CC1. The fraction of sp³-hybridized carbons (Fsp3) is 0.385. The Kier molecular flexibility index (Phi) is 8.15. The Labute approximate surface area is 210 Å². The summed E-state index contributed by atoms with van der Waals surface area (Å²) >= 11 is 6.05. The van der Waals surface area contributed by atoms with E-state index in [1.165, 1.54) is 0 Å². The molecule has 2 amide bonds. The number of amides is 2. The molecule has 8 nitrogen and oxygen atoms in total. The molecule has 1 saturated heterocycles. The van der Waals surface area contributed by atoms with Crippen LogP contribution in [0.5, 0.6) is 0 Å². The molecule has 4 rings (SSSR count). The largest absolute Gasteiger partial charge is 0.352 e. The molecule has 2 N–H and O–H groups in total. The molecule has 1 fully saturated rings. The van der Waals surface area contributed by atoms with Gasteiger partial charge in [-0.3, -0.25) is 14.5 Å². The zero-order valence-corrected chi connectivity index (χ0v) is 20.7. The fourth-order valence-electron chi connectivity index (χ4n) is 4.03. The van der Waals surface area contributed by atoms with Crippen molar-refractivity contribution in [2.75, 3.05) is 25.0 Å². The maximum atomic E-state index is 12.9. The minimum Gasteiger partial charge on any atom is -0.352 e. The summed E-state index contributed by atoms with van der Waals surface area (Å²) in [6.07, 6.45) is 1.42. The van der Waals surface area contributed by atoms with Gasteiger partial charge in [0.15, 0.2) is 0 Å². The van der Waals surface area contributed by atoms with Crippen LogP contribution in [0.1, 0.15) is 42.9 Å². The zero-order valence-electron chi connectivity index (χ0n) is 20.0. The lowest BCUT2D eigenvalue weighted by atomic mass is 9.95. The number of rotatable bonds is 8. The first kappa shape index (κ1) is 24.9. The normalized spacial score (nSPS) is 14.7. The first-order chi connectivity index (χ1) is 16.9. The number of nitrogens with zero attached hydrogens (tertiary/aromatic N) is 3. The van der Waals surface area contributed by atoms with Crippen molar-refractivity contribution in [3.05, 3.63) is 65.0 Å². The lowest BCUT2D eigenvalue weighted by Crippen LogP contribution is -2.38. The van der Waals surface area contributed by atoms with E-state index >= 15 is 0 Å². The second-order valence-corrected chi connectivity index (χ2v) is 9.65. The molecule has 1 aliphatic heterocycles. The maximum Gasteiger partial charge on any atom is 0.253 e. The minimum atomic E-state index is -0.180.